The van der Waals surface area contributed by atoms with Crippen molar-refractivity contribution in [3.05, 3.63) is 11.6 Å². The lowest BCUT2D eigenvalue weighted by Crippen LogP contribution is -2.29. The normalized spacial score (nSPS) is 15.7. The molecule has 0 aliphatic rings. The molecule has 2 nitrogen and oxygen atoms in total. The molecule has 0 radical (unpaired) electrons. The van der Waals surface area contributed by atoms with Gasteiger partial charge in [-0.25, -0.2) is 0 Å². The van der Waals surface area contributed by atoms with Gasteiger partial charge < -0.3 is 4.74 Å². The molecular formula is C14H26O2. The molecule has 0 aromatic rings. The first-order chi connectivity index (χ1) is 7.43. The van der Waals surface area contributed by atoms with Crippen molar-refractivity contribution in [2.75, 3.05) is 0 Å². The van der Waals surface area contributed by atoms with Crippen molar-refractivity contribution in [2.24, 2.45) is 0 Å². The molecular weight excluding hydrogens is 200 g/mol. The highest BCUT2D eigenvalue weighted by Crippen LogP contribution is 2.23. The third-order valence-electron chi connectivity index (χ3n) is 2.95. The number of ether oxygens (including phenoxy) is 1. The zero-order valence-electron chi connectivity index (χ0n) is 11.4. The molecule has 94 valence electrons. The Hall–Kier alpha value is -0.790. The molecule has 0 rings (SSSR count). The molecule has 0 saturated carbocycles. The largest absolute Gasteiger partial charge is 0.460 e. The molecule has 0 saturated heterocycles. The minimum Gasteiger partial charge on any atom is -0.460 e. The van der Waals surface area contributed by atoms with Gasteiger partial charge in [0.1, 0.15) is 5.60 Å². The van der Waals surface area contributed by atoms with Crippen molar-refractivity contribution in [1.29, 1.82) is 0 Å². The van der Waals surface area contributed by atoms with Crippen molar-refractivity contribution >= 4 is 5.97 Å². The van der Waals surface area contributed by atoms with E-state index in [-0.39, 0.29) is 11.6 Å². The van der Waals surface area contributed by atoms with Gasteiger partial charge in [-0.05, 0) is 39.5 Å². The van der Waals surface area contributed by atoms with Crippen molar-refractivity contribution in [3.8, 4) is 0 Å². The summed E-state index contributed by atoms with van der Waals surface area (Å²) in [6, 6.07) is 0. The standard InChI is InChI=1S/C14H26O2/c1-6-9-12(3)10-8-11-14(5,7-2)16-13(4)15/h10H,6-9,11H2,1-5H3. The molecule has 0 aliphatic carbocycles. The van der Waals surface area contributed by atoms with Gasteiger partial charge in [-0.3, -0.25) is 4.79 Å². The maximum Gasteiger partial charge on any atom is 0.303 e. The topological polar surface area (TPSA) is 26.3 Å². The van der Waals surface area contributed by atoms with Crippen LogP contribution in [0.4, 0.5) is 0 Å². The Morgan fingerprint density at radius 2 is 1.94 bits per heavy atom. The van der Waals surface area contributed by atoms with E-state index in [9.17, 15) is 4.79 Å². The molecule has 0 N–H and O–H groups in total. The molecule has 0 aromatic carbocycles. The van der Waals surface area contributed by atoms with Crippen LogP contribution in [0.3, 0.4) is 0 Å². The monoisotopic (exact) mass is 226 g/mol. The quantitative estimate of drug-likeness (QED) is 0.479. The van der Waals surface area contributed by atoms with E-state index in [1.165, 1.54) is 18.9 Å². The van der Waals surface area contributed by atoms with Crippen LogP contribution in [0.15, 0.2) is 11.6 Å². The van der Waals surface area contributed by atoms with Crippen molar-refractivity contribution < 1.29 is 9.53 Å². The Kier molecular flexibility index (Phi) is 7.11. The maximum absolute atomic E-state index is 11.0. The smallest absolute Gasteiger partial charge is 0.303 e. The second-order valence-electron chi connectivity index (χ2n) is 4.74. The predicted octanol–water partition coefficient (Wildman–Crippen LogP) is 4.24. The van der Waals surface area contributed by atoms with E-state index in [2.05, 4.69) is 26.8 Å². The van der Waals surface area contributed by atoms with Crippen LogP contribution < -0.4 is 0 Å². The van der Waals surface area contributed by atoms with E-state index in [1.807, 2.05) is 6.92 Å². The van der Waals surface area contributed by atoms with Gasteiger partial charge in [0.05, 0.1) is 0 Å². The molecule has 0 heterocycles. The number of carbonyl (C=O) groups is 1. The minimum absolute atomic E-state index is 0.182. The summed E-state index contributed by atoms with van der Waals surface area (Å²) >= 11 is 0. The van der Waals surface area contributed by atoms with Crippen molar-refractivity contribution in [1.82, 2.24) is 0 Å². The summed E-state index contributed by atoms with van der Waals surface area (Å²) in [5.41, 5.74) is 1.14. The average Bonchev–Trinajstić information content (AvgIpc) is 2.17. The lowest BCUT2D eigenvalue weighted by Gasteiger charge is -2.27. The van der Waals surface area contributed by atoms with Gasteiger partial charge in [0.2, 0.25) is 0 Å². The van der Waals surface area contributed by atoms with E-state index in [0.717, 1.165) is 25.7 Å². The average molecular weight is 226 g/mol. The Bertz CT molecular complexity index is 243. The summed E-state index contributed by atoms with van der Waals surface area (Å²) in [6.45, 7) is 9.90. The number of hydrogen-bond acceptors (Lipinski definition) is 2. The third kappa shape index (κ3) is 6.65. The highest BCUT2D eigenvalue weighted by Gasteiger charge is 2.24. The van der Waals surface area contributed by atoms with Crippen molar-refractivity contribution in [3.63, 3.8) is 0 Å². The fourth-order valence-corrected chi connectivity index (χ4v) is 1.77. The number of carbonyl (C=O) groups excluding carboxylic acids is 1. The first-order valence-electron chi connectivity index (χ1n) is 6.28. The van der Waals surface area contributed by atoms with Gasteiger partial charge in [0, 0.05) is 6.92 Å². The fraction of sp³-hybridized carbons (Fsp3) is 0.786. The SMILES string of the molecule is CCCC(C)=CCCC(C)(CC)OC(C)=O. The molecule has 0 amide bonds. The summed E-state index contributed by atoms with van der Waals surface area (Å²) in [5, 5.41) is 0. The number of allylic oxidation sites excluding steroid dienone is 2. The van der Waals surface area contributed by atoms with Crippen LogP contribution in [0.2, 0.25) is 0 Å². The molecule has 1 atom stereocenters. The van der Waals surface area contributed by atoms with E-state index in [0.29, 0.717) is 0 Å². The first-order valence-corrected chi connectivity index (χ1v) is 6.28. The zero-order chi connectivity index (χ0) is 12.6. The predicted molar refractivity (Wildman–Crippen MR) is 68.4 cm³/mol. The lowest BCUT2D eigenvalue weighted by atomic mass is 9.95. The second kappa shape index (κ2) is 7.48. The van der Waals surface area contributed by atoms with Gasteiger partial charge in [-0.1, -0.05) is 31.9 Å². The van der Waals surface area contributed by atoms with Gasteiger partial charge >= 0.3 is 5.97 Å². The molecule has 2 heteroatoms. The number of hydrogen-bond donors (Lipinski definition) is 0. The molecule has 0 fully saturated rings. The van der Waals surface area contributed by atoms with E-state index < -0.39 is 0 Å². The van der Waals surface area contributed by atoms with Gasteiger partial charge in [-0.15, -0.1) is 0 Å². The highest BCUT2D eigenvalue weighted by atomic mass is 16.6. The number of esters is 1. The molecule has 0 aliphatic heterocycles. The molecule has 16 heavy (non-hydrogen) atoms. The van der Waals surface area contributed by atoms with Gasteiger partial charge in [0.25, 0.3) is 0 Å². The maximum atomic E-state index is 11.0. The zero-order valence-corrected chi connectivity index (χ0v) is 11.4. The minimum atomic E-state index is -0.297. The number of rotatable bonds is 7. The van der Waals surface area contributed by atoms with E-state index in [1.54, 1.807) is 0 Å². The Morgan fingerprint density at radius 3 is 2.38 bits per heavy atom. The Morgan fingerprint density at radius 1 is 1.31 bits per heavy atom. The van der Waals surface area contributed by atoms with E-state index >= 15 is 0 Å². The van der Waals surface area contributed by atoms with Crippen LogP contribution in [0, 0.1) is 0 Å². The van der Waals surface area contributed by atoms with E-state index in [4.69, 9.17) is 4.74 Å². The molecule has 0 spiro atoms. The third-order valence-corrected chi connectivity index (χ3v) is 2.95. The summed E-state index contributed by atoms with van der Waals surface area (Å²) in [7, 11) is 0. The lowest BCUT2D eigenvalue weighted by molar-refractivity contribution is -0.156. The first kappa shape index (κ1) is 15.2. The fourth-order valence-electron chi connectivity index (χ4n) is 1.77. The highest BCUT2D eigenvalue weighted by molar-refractivity contribution is 5.66. The molecule has 0 aromatic heterocycles. The Balaban J connectivity index is 4.13. The van der Waals surface area contributed by atoms with Crippen LogP contribution in [-0.4, -0.2) is 11.6 Å². The summed E-state index contributed by atoms with van der Waals surface area (Å²) < 4.78 is 5.36. The second-order valence-corrected chi connectivity index (χ2v) is 4.74. The Labute approximate surface area is 100 Å². The van der Waals surface area contributed by atoms with Crippen LogP contribution in [0.1, 0.15) is 66.7 Å². The summed E-state index contributed by atoms with van der Waals surface area (Å²) in [5.74, 6) is -0.182. The summed E-state index contributed by atoms with van der Waals surface area (Å²) in [4.78, 5) is 11.0. The van der Waals surface area contributed by atoms with Crippen LogP contribution in [0.5, 0.6) is 0 Å². The van der Waals surface area contributed by atoms with Crippen LogP contribution >= 0.6 is 0 Å². The molecule has 1 unspecified atom stereocenters. The van der Waals surface area contributed by atoms with Crippen LogP contribution in [0.25, 0.3) is 0 Å². The summed E-state index contributed by atoms with van der Waals surface area (Å²) in [6.07, 6.45) is 7.38. The van der Waals surface area contributed by atoms with Gasteiger partial charge in [-0.2, -0.15) is 0 Å². The molecule has 0 bridgehead atoms. The van der Waals surface area contributed by atoms with Gasteiger partial charge in [0.15, 0.2) is 0 Å². The van der Waals surface area contributed by atoms with Crippen molar-refractivity contribution in [2.45, 2.75) is 72.3 Å². The van der Waals surface area contributed by atoms with Crippen LogP contribution in [-0.2, 0) is 9.53 Å².